The molecule has 3 rings (SSSR count). The zero-order valence-corrected chi connectivity index (χ0v) is 11.8. The van der Waals surface area contributed by atoms with E-state index in [1.165, 1.54) is 41.5 Å². The maximum absolute atomic E-state index is 11.6. The van der Waals surface area contributed by atoms with Crippen LogP contribution in [0.15, 0.2) is 6.07 Å². The SMILES string of the molecule is Cc1cc2c(c(CC3CCCCN3)c1C)NC(=O)C2. The van der Waals surface area contributed by atoms with Crippen LogP contribution < -0.4 is 10.6 Å². The average Bonchev–Trinajstić information content (AvgIpc) is 2.76. The molecule has 0 aromatic heterocycles. The summed E-state index contributed by atoms with van der Waals surface area (Å²) in [5.41, 5.74) is 6.27. The van der Waals surface area contributed by atoms with Crippen LogP contribution >= 0.6 is 0 Å². The Morgan fingerprint density at radius 1 is 1.32 bits per heavy atom. The molecule has 1 atom stereocenters. The highest BCUT2D eigenvalue weighted by molar-refractivity contribution is 6.00. The molecule has 2 aliphatic heterocycles. The Bertz CT molecular complexity index is 516. The lowest BCUT2D eigenvalue weighted by Crippen LogP contribution is -2.36. The average molecular weight is 258 g/mol. The first kappa shape index (κ1) is 12.7. The molecule has 0 spiro atoms. The number of hydrogen-bond donors (Lipinski definition) is 2. The van der Waals surface area contributed by atoms with Crippen LogP contribution in [0.25, 0.3) is 0 Å². The number of anilines is 1. The zero-order valence-electron chi connectivity index (χ0n) is 11.8. The Morgan fingerprint density at radius 2 is 2.16 bits per heavy atom. The molecule has 1 aromatic rings. The minimum atomic E-state index is 0.137. The summed E-state index contributed by atoms with van der Waals surface area (Å²) in [5, 5.41) is 6.66. The van der Waals surface area contributed by atoms with Crippen LogP contribution in [0.1, 0.15) is 41.5 Å². The van der Waals surface area contributed by atoms with E-state index in [1.54, 1.807) is 0 Å². The van der Waals surface area contributed by atoms with Crippen molar-refractivity contribution in [3.8, 4) is 0 Å². The van der Waals surface area contributed by atoms with Gasteiger partial charge in [0.05, 0.1) is 6.42 Å². The highest BCUT2D eigenvalue weighted by Gasteiger charge is 2.25. The highest BCUT2D eigenvalue weighted by atomic mass is 16.1. The number of carbonyl (C=O) groups excluding carboxylic acids is 1. The van der Waals surface area contributed by atoms with E-state index < -0.39 is 0 Å². The third-order valence-electron chi connectivity index (χ3n) is 4.54. The fourth-order valence-electron chi connectivity index (χ4n) is 3.31. The monoisotopic (exact) mass is 258 g/mol. The molecule has 102 valence electrons. The van der Waals surface area contributed by atoms with E-state index in [9.17, 15) is 4.79 Å². The summed E-state index contributed by atoms with van der Waals surface area (Å²) in [6.45, 7) is 5.46. The topological polar surface area (TPSA) is 41.1 Å². The second-order valence-corrected chi connectivity index (χ2v) is 5.91. The van der Waals surface area contributed by atoms with Crippen molar-refractivity contribution < 1.29 is 4.79 Å². The van der Waals surface area contributed by atoms with E-state index in [2.05, 4.69) is 30.5 Å². The van der Waals surface area contributed by atoms with E-state index in [-0.39, 0.29) is 5.91 Å². The first-order valence-corrected chi connectivity index (χ1v) is 7.30. The third-order valence-corrected chi connectivity index (χ3v) is 4.54. The first-order valence-electron chi connectivity index (χ1n) is 7.30. The Hall–Kier alpha value is -1.35. The van der Waals surface area contributed by atoms with Crippen molar-refractivity contribution >= 4 is 11.6 Å². The number of benzene rings is 1. The summed E-state index contributed by atoms with van der Waals surface area (Å²) >= 11 is 0. The van der Waals surface area contributed by atoms with Gasteiger partial charge in [0.15, 0.2) is 0 Å². The number of aryl methyl sites for hydroxylation is 1. The van der Waals surface area contributed by atoms with Crippen LogP contribution in [0.2, 0.25) is 0 Å². The summed E-state index contributed by atoms with van der Waals surface area (Å²) in [6.07, 6.45) is 5.43. The predicted molar refractivity (Wildman–Crippen MR) is 77.6 cm³/mol. The maximum Gasteiger partial charge on any atom is 0.228 e. The Balaban J connectivity index is 1.93. The summed E-state index contributed by atoms with van der Waals surface area (Å²) < 4.78 is 0. The molecule has 2 aliphatic rings. The van der Waals surface area contributed by atoms with Crippen LogP contribution in [0.4, 0.5) is 5.69 Å². The smallest absolute Gasteiger partial charge is 0.228 e. The van der Waals surface area contributed by atoms with Gasteiger partial charge in [-0.3, -0.25) is 4.79 Å². The van der Waals surface area contributed by atoms with Crippen molar-refractivity contribution in [2.45, 2.75) is 52.0 Å². The molecular formula is C16H22N2O. The number of carbonyl (C=O) groups is 1. The standard InChI is InChI=1S/C16H22N2O/c1-10-7-12-8-15(19)18-16(12)14(11(10)2)9-13-5-3-4-6-17-13/h7,13,17H,3-6,8-9H2,1-2H3,(H,18,19). The summed E-state index contributed by atoms with van der Waals surface area (Å²) in [4.78, 5) is 11.6. The third kappa shape index (κ3) is 2.39. The number of fused-ring (bicyclic) bond motifs is 1. The van der Waals surface area contributed by atoms with Gasteiger partial charge in [-0.1, -0.05) is 12.5 Å². The maximum atomic E-state index is 11.6. The zero-order chi connectivity index (χ0) is 13.4. The molecule has 1 aromatic carbocycles. The second-order valence-electron chi connectivity index (χ2n) is 5.91. The van der Waals surface area contributed by atoms with Gasteiger partial charge in [0.2, 0.25) is 5.91 Å². The van der Waals surface area contributed by atoms with E-state index in [1.807, 2.05) is 0 Å². The molecule has 0 radical (unpaired) electrons. The second kappa shape index (κ2) is 4.97. The number of piperidine rings is 1. The summed E-state index contributed by atoms with van der Waals surface area (Å²) in [5.74, 6) is 0.137. The lowest BCUT2D eigenvalue weighted by Gasteiger charge is -2.25. The normalized spacial score (nSPS) is 22.2. The fraction of sp³-hybridized carbons (Fsp3) is 0.562. The van der Waals surface area contributed by atoms with Gasteiger partial charge in [0.1, 0.15) is 0 Å². The molecular weight excluding hydrogens is 236 g/mol. The molecule has 1 unspecified atom stereocenters. The molecule has 0 aliphatic carbocycles. The van der Waals surface area contributed by atoms with Crippen molar-refractivity contribution in [1.82, 2.24) is 5.32 Å². The van der Waals surface area contributed by atoms with Gasteiger partial charge < -0.3 is 10.6 Å². The molecule has 0 bridgehead atoms. The molecule has 1 amide bonds. The molecule has 19 heavy (non-hydrogen) atoms. The number of amides is 1. The van der Waals surface area contributed by atoms with Crippen molar-refractivity contribution in [1.29, 1.82) is 0 Å². The predicted octanol–water partition coefficient (Wildman–Crippen LogP) is 2.48. The molecule has 2 heterocycles. The van der Waals surface area contributed by atoms with Crippen LogP contribution in [-0.4, -0.2) is 18.5 Å². The number of hydrogen-bond acceptors (Lipinski definition) is 2. The Morgan fingerprint density at radius 3 is 2.89 bits per heavy atom. The number of rotatable bonds is 2. The highest BCUT2D eigenvalue weighted by Crippen LogP contribution is 2.33. The van der Waals surface area contributed by atoms with Gasteiger partial charge in [-0.2, -0.15) is 0 Å². The van der Waals surface area contributed by atoms with E-state index in [4.69, 9.17) is 0 Å². The Kier molecular flexibility index (Phi) is 3.31. The summed E-state index contributed by atoms with van der Waals surface area (Å²) in [6, 6.07) is 2.73. The van der Waals surface area contributed by atoms with Gasteiger partial charge in [-0.15, -0.1) is 0 Å². The quantitative estimate of drug-likeness (QED) is 0.855. The van der Waals surface area contributed by atoms with E-state index >= 15 is 0 Å². The summed E-state index contributed by atoms with van der Waals surface area (Å²) in [7, 11) is 0. The van der Waals surface area contributed by atoms with Gasteiger partial charge >= 0.3 is 0 Å². The van der Waals surface area contributed by atoms with Crippen molar-refractivity contribution in [3.63, 3.8) is 0 Å². The van der Waals surface area contributed by atoms with Crippen LogP contribution in [-0.2, 0) is 17.6 Å². The van der Waals surface area contributed by atoms with Crippen LogP contribution in [0, 0.1) is 13.8 Å². The lowest BCUT2D eigenvalue weighted by molar-refractivity contribution is -0.115. The first-order chi connectivity index (χ1) is 9.15. The van der Waals surface area contributed by atoms with Gasteiger partial charge in [-0.05, 0) is 61.9 Å². The molecule has 1 saturated heterocycles. The van der Waals surface area contributed by atoms with Crippen molar-refractivity contribution in [2.24, 2.45) is 0 Å². The molecule has 3 heteroatoms. The molecule has 1 fully saturated rings. The number of nitrogens with one attached hydrogen (secondary N) is 2. The Labute approximate surface area is 114 Å². The van der Waals surface area contributed by atoms with E-state index in [0.717, 1.165) is 18.7 Å². The molecule has 3 nitrogen and oxygen atoms in total. The molecule has 0 saturated carbocycles. The fourth-order valence-corrected chi connectivity index (χ4v) is 3.31. The lowest BCUT2D eigenvalue weighted by atomic mass is 9.90. The van der Waals surface area contributed by atoms with Gasteiger partial charge in [-0.25, -0.2) is 0 Å². The minimum Gasteiger partial charge on any atom is -0.325 e. The largest absolute Gasteiger partial charge is 0.325 e. The van der Waals surface area contributed by atoms with Crippen molar-refractivity contribution in [3.05, 3.63) is 28.3 Å². The van der Waals surface area contributed by atoms with Crippen molar-refractivity contribution in [2.75, 3.05) is 11.9 Å². The van der Waals surface area contributed by atoms with Gasteiger partial charge in [0, 0.05) is 11.7 Å². The minimum absolute atomic E-state index is 0.137. The van der Waals surface area contributed by atoms with Crippen LogP contribution in [0.3, 0.4) is 0 Å². The van der Waals surface area contributed by atoms with Crippen LogP contribution in [0.5, 0.6) is 0 Å². The van der Waals surface area contributed by atoms with Gasteiger partial charge in [0.25, 0.3) is 0 Å². The molecule has 2 N–H and O–H groups in total. The van der Waals surface area contributed by atoms with E-state index in [0.29, 0.717) is 12.5 Å².